The molecule has 2 nitrogen and oxygen atoms in total. The number of carbonyl (C=O) groups excluding carboxylic acids is 1. The van der Waals surface area contributed by atoms with Crippen molar-refractivity contribution in [2.75, 3.05) is 13.1 Å². The molecule has 0 aromatic rings. The first-order valence-corrected chi connectivity index (χ1v) is 5.33. The molecule has 0 spiro atoms. The predicted octanol–water partition coefficient (Wildman–Crippen LogP) is 2.44. The highest BCUT2D eigenvalue weighted by atomic mass is 16.2. The molecule has 1 heterocycles. The number of amides is 1. The maximum Gasteiger partial charge on any atom is 0.222 e. The monoisotopic (exact) mass is 183 g/mol. The van der Waals surface area contributed by atoms with E-state index in [2.05, 4.69) is 13.8 Å². The summed E-state index contributed by atoms with van der Waals surface area (Å²) in [5.41, 5.74) is 0.433. The molecule has 76 valence electrons. The zero-order valence-electron chi connectivity index (χ0n) is 9.10. The van der Waals surface area contributed by atoms with Crippen LogP contribution in [0.4, 0.5) is 0 Å². The van der Waals surface area contributed by atoms with Gasteiger partial charge in [0.2, 0.25) is 5.91 Å². The second-order valence-corrected chi connectivity index (χ2v) is 4.75. The smallest absolute Gasteiger partial charge is 0.222 e. The van der Waals surface area contributed by atoms with Crippen LogP contribution in [-0.2, 0) is 4.79 Å². The molecule has 0 aliphatic carbocycles. The van der Waals surface area contributed by atoms with Gasteiger partial charge in [-0.2, -0.15) is 0 Å². The maximum absolute atomic E-state index is 11.5. The van der Waals surface area contributed by atoms with Gasteiger partial charge in [-0.1, -0.05) is 20.8 Å². The van der Waals surface area contributed by atoms with Gasteiger partial charge in [-0.05, 0) is 24.7 Å². The third kappa shape index (κ3) is 3.02. The summed E-state index contributed by atoms with van der Waals surface area (Å²) in [4.78, 5) is 13.5. The second kappa shape index (κ2) is 4.12. The largest absolute Gasteiger partial charge is 0.343 e. The third-order valence-electron chi connectivity index (χ3n) is 3.00. The molecule has 0 atom stereocenters. The fourth-order valence-electron chi connectivity index (χ4n) is 1.90. The molecular formula is C11H21NO. The van der Waals surface area contributed by atoms with Gasteiger partial charge in [0.25, 0.3) is 0 Å². The Morgan fingerprint density at radius 2 is 2.00 bits per heavy atom. The highest BCUT2D eigenvalue weighted by Crippen LogP contribution is 2.29. The van der Waals surface area contributed by atoms with Crippen LogP contribution in [0, 0.1) is 5.41 Å². The van der Waals surface area contributed by atoms with Crippen molar-refractivity contribution >= 4 is 5.91 Å². The van der Waals surface area contributed by atoms with Crippen LogP contribution in [0.25, 0.3) is 0 Å². The van der Waals surface area contributed by atoms with Crippen molar-refractivity contribution in [3.05, 3.63) is 0 Å². The van der Waals surface area contributed by atoms with E-state index < -0.39 is 0 Å². The minimum absolute atomic E-state index is 0.317. The summed E-state index contributed by atoms with van der Waals surface area (Å²) in [6.07, 6.45) is 4.22. The van der Waals surface area contributed by atoms with Crippen molar-refractivity contribution in [2.45, 2.75) is 46.5 Å². The lowest BCUT2D eigenvalue weighted by molar-refractivity contribution is -0.130. The Balaban J connectivity index is 2.49. The van der Waals surface area contributed by atoms with E-state index in [0.29, 0.717) is 17.7 Å². The van der Waals surface area contributed by atoms with Gasteiger partial charge < -0.3 is 4.90 Å². The van der Waals surface area contributed by atoms with Crippen LogP contribution in [0.15, 0.2) is 0 Å². The predicted molar refractivity (Wildman–Crippen MR) is 54.5 cm³/mol. The summed E-state index contributed by atoms with van der Waals surface area (Å²) in [5, 5.41) is 0. The number of nitrogens with zero attached hydrogens (tertiary/aromatic N) is 1. The van der Waals surface area contributed by atoms with Crippen molar-refractivity contribution in [3.63, 3.8) is 0 Å². The van der Waals surface area contributed by atoms with Gasteiger partial charge in [0.05, 0.1) is 0 Å². The molecule has 0 N–H and O–H groups in total. The maximum atomic E-state index is 11.5. The topological polar surface area (TPSA) is 20.3 Å². The second-order valence-electron chi connectivity index (χ2n) is 4.75. The minimum Gasteiger partial charge on any atom is -0.343 e. The summed E-state index contributed by atoms with van der Waals surface area (Å²) in [5.74, 6) is 0.317. The van der Waals surface area contributed by atoms with Gasteiger partial charge in [0.15, 0.2) is 0 Å². The zero-order chi connectivity index (χ0) is 9.90. The molecule has 1 aliphatic rings. The fraction of sp³-hybridized carbons (Fsp3) is 0.909. The van der Waals surface area contributed by atoms with E-state index in [0.717, 1.165) is 19.5 Å². The Bertz CT molecular complexity index is 187. The summed E-state index contributed by atoms with van der Waals surface area (Å²) in [6.45, 7) is 8.47. The molecule has 0 aromatic heterocycles. The SMILES string of the molecule is CCC(=O)N1CCCC(C)(C)CC1. The highest BCUT2D eigenvalue weighted by molar-refractivity contribution is 5.75. The van der Waals surface area contributed by atoms with E-state index in [4.69, 9.17) is 0 Å². The van der Waals surface area contributed by atoms with Gasteiger partial charge >= 0.3 is 0 Å². The third-order valence-corrected chi connectivity index (χ3v) is 3.00. The van der Waals surface area contributed by atoms with Crippen LogP contribution in [0.2, 0.25) is 0 Å². The Labute approximate surface area is 81.3 Å². The van der Waals surface area contributed by atoms with Crippen LogP contribution in [0.5, 0.6) is 0 Å². The van der Waals surface area contributed by atoms with Crippen molar-refractivity contribution < 1.29 is 4.79 Å². The van der Waals surface area contributed by atoms with E-state index >= 15 is 0 Å². The summed E-state index contributed by atoms with van der Waals surface area (Å²) >= 11 is 0. The molecule has 0 radical (unpaired) electrons. The molecule has 1 saturated heterocycles. The van der Waals surface area contributed by atoms with E-state index in [1.165, 1.54) is 12.8 Å². The van der Waals surface area contributed by atoms with Gasteiger partial charge in [-0.3, -0.25) is 4.79 Å². The zero-order valence-corrected chi connectivity index (χ0v) is 9.10. The minimum atomic E-state index is 0.317. The molecule has 13 heavy (non-hydrogen) atoms. The molecule has 0 aromatic carbocycles. The average molecular weight is 183 g/mol. The van der Waals surface area contributed by atoms with Crippen LogP contribution >= 0.6 is 0 Å². The van der Waals surface area contributed by atoms with Gasteiger partial charge in [0, 0.05) is 19.5 Å². The quantitative estimate of drug-likeness (QED) is 0.611. The van der Waals surface area contributed by atoms with E-state index in [1.54, 1.807) is 0 Å². The summed E-state index contributed by atoms with van der Waals surface area (Å²) in [7, 11) is 0. The standard InChI is InChI=1S/C11H21NO/c1-4-10(13)12-8-5-6-11(2,3)7-9-12/h4-9H2,1-3H3. The Hall–Kier alpha value is -0.530. The molecule has 0 bridgehead atoms. The molecule has 0 unspecified atom stereocenters. The van der Waals surface area contributed by atoms with E-state index in [-0.39, 0.29) is 0 Å². The lowest BCUT2D eigenvalue weighted by Crippen LogP contribution is -2.31. The Kier molecular flexibility index (Phi) is 3.34. The molecule has 2 heteroatoms. The Morgan fingerprint density at radius 3 is 2.62 bits per heavy atom. The number of carbonyl (C=O) groups is 1. The van der Waals surface area contributed by atoms with Crippen LogP contribution in [0.3, 0.4) is 0 Å². The molecular weight excluding hydrogens is 162 g/mol. The van der Waals surface area contributed by atoms with Crippen molar-refractivity contribution in [3.8, 4) is 0 Å². The lowest BCUT2D eigenvalue weighted by atomic mass is 9.85. The first-order valence-electron chi connectivity index (χ1n) is 5.33. The molecule has 1 aliphatic heterocycles. The summed E-state index contributed by atoms with van der Waals surface area (Å²) < 4.78 is 0. The summed E-state index contributed by atoms with van der Waals surface area (Å²) in [6, 6.07) is 0. The molecule has 0 saturated carbocycles. The van der Waals surface area contributed by atoms with Crippen molar-refractivity contribution in [2.24, 2.45) is 5.41 Å². The number of hydrogen-bond donors (Lipinski definition) is 0. The number of likely N-dealkylation sites (tertiary alicyclic amines) is 1. The fourth-order valence-corrected chi connectivity index (χ4v) is 1.90. The number of hydrogen-bond acceptors (Lipinski definition) is 1. The van der Waals surface area contributed by atoms with Gasteiger partial charge in [0.1, 0.15) is 0 Å². The molecule has 1 fully saturated rings. The van der Waals surface area contributed by atoms with Crippen LogP contribution in [-0.4, -0.2) is 23.9 Å². The van der Waals surface area contributed by atoms with E-state index in [1.807, 2.05) is 11.8 Å². The lowest BCUT2D eigenvalue weighted by Gasteiger charge is -2.23. The Morgan fingerprint density at radius 1 is 1.31 bits per heavy atom. The normalized spacial score (nSPS) is 22.5. The molecule has 1 rings (SSSR count). The van der Waals surface area contributed by atoms with Gasteiger partial charge in [-0.25, -0.2) is 0 Å². The highest BCUT2D eigenvalue weighted by Gasteiger charge is 2.24. The van der Waals surface area contributed by atoms with Crippen LogP contribution in [0.1, 0.15) is 46.5 Å². The average Bonchev–Trinajstić information content (AvgIpc) is 2.25. The van der Waals surface area contributed by atoms with Crippen molar-refractivity contribution in [1.82, 2.24) is 4.90 Å². The van der Waals surface area contributed by atoms with Crippen LogP contribution < -0.4 is 0 Å². The van der Waals surface area contributed by atoms with E-state index in [9.17, 15) is 4.79 Å². The van der Waals surface area contributed by atoms with Gasteiger partial charge in [-0.15, -0.1) is 0 Å². The number of rotatable bonds is 1. The molecule has 1 amide bonds. The van der Waals surface area contributed by atoms with Crippen molar-refractivity contribution in [1.29, 1.82) is 0 Å². The first kappa shape index (κ1) is 10.6. The first-order chi connectivity index (χ1) is 6.05.